The number of carbonyl (C=O) groups excluding carboxylic acids is 1. The molecule has 0 radical (unpaired) electrons. The van der Waals surface area contributed by atoms with Gasteiger partial charge in [-0.05, 0) is 45.0 Å². The number of ether oxygens (including phenoxy) is 1. The lowest BCUT2D eigenvalue weighted by molar-refractivity contribution is -0.149. The summed E-state index contributed by atoms with van der Waals surface area (Å²) in [6, 6.07) is 5.22. The lowest BCUT2D eigenvalue weighted by Crippen LogP contribution is -2.47. The number of hydrogen-bond donors (Lipinski definition) is 1. The van der Waals surface area contributed by atoms with Gasteiger partial charge < -0.3 is 9.26 Å². The van der Waals surface area contributed by atoms with Crippen LogP contribution in [0.15, 0.2) is 24.3 Å². The molecular formula is C15H23FNO4P. The summed E-state index contributed by atoms with van der Waals surface area (Å²) in [4.78, 5) is 12.0. The predicted octanol–water partition coefficient (Wildman–Crippen LogP) is 3.74. The van der Waals surface area contributed by atoms with Gasteiger partial charge in [0.05, 0.1) is 12.3 Å². The van der Waals surface area contributed by atoms with Crippen molar-refractivity contribution in [3.05, 3.63) is 30.1 Å². The molecule has 0 aliphatic heterocycles. The van der Waals surface area contributed by atoms with Crippen molar-refractivity contribution in [2.24, 2.45) is 0 Å². The Morgan fingerprint density at radius 3 is 2.32 bits per heavy atom. The first-order valence-electron chi connectivity index (χ1n) is 7.12. The SMILES string of the molecule is CCOC(=O)C(C)(C)NP(=O)(Oc1ccc(F)cc1)C(C)C. The maximum absolute atomic E-state index is 13.1. The fourth-order valence-electron chi connectivity index (χ4n) is 1.66. The molecule has 0 heterocycles. The van der Waals surface area contributed by atoms with Gasteiger partial charge in [-0.25, -0.2) is 9.48 Å². The number of hydrogen-bond acceptors (Lipinski definition) is 4. The molecule has 1 aromatic carbocycles. The number of rotatable bonds is 7. The molecule has 1 rings (SSSR count). The van der Waals surface area contributed by atoms with Gasteiger partial charge in [-0.1, -0.05) is 13.8 Å². The lowest BCUT2D eigenvalue weighted by Gasteiger charge is -2.31. The van der Waals surface area contributed by atoms with Gasteiger partial charge in [0, 0.05) is 0 Å². The van der Waals surface area contributed by atoms with E-state index in [9.17, 15) is 13.8 Å². The fourth-order valence-corrected chi connectivity index (χ4v) is 3.48. The maximum atomic E-state index is 13.1. The van der Waals surface area contributed by atoms with E-state index in [1.807, 2.05) is 0 Å². The second-order valence-electron chi connectivity index (χ2n) is 5.69. The Morgan fingerprint density at radius 2 is 1.86 bits per heavy atom. The zero-order chi connectivity index (χ0) is 17.0. The van der Waals surface area contributed by atoms with Crippen LogP contribution in [0.1, 0.15) is 34.6 Å². The first-order valence-corrected chi connectivity index (χ1v) is 8.81. The summed E-state index contributed by atoms with van der Waals surface area (Å²) in [5.74, 6) is -0.657. The second kappa shape index (κ2) is 7.25. The second-order valence-corrected chi connectivity index (χ2v) is 8.33. The highest BCUT2D eigenvalue weighted by Crippen LogP contribution is 2.49. The van der Waals surface area contributed by atoms with Gasteiger partial charge in [-0.15, -0.1) is 0 Å². The van der Waals surface area contributed by atoms with Crippen LogP contribution in [0.2, 0.25) is 0 Å². The van der Waals surface area contributed by atoms with E-state index in [4.69, 9.17) is 9.26 Å². The summed E-state index contributed by atoms with van der Waals surface area (Å²) in [5, 5.41) is 2.78. The third-order valence-electron chi connectivity index (χ3n) is 2.96. The topological polar surface area (TPSA) is 64.6 Å². The van der Waals surface area contributed by atoms with E-state index in [1.54, 1.807) is 34.6 Å². The molecule has 0 saturated carbocycles. The minimum Gasteiger partial charge on any atom is -0.465 e. The molecular weight excluding hydrogens is 308 g/mol. The molecule has 0 aliphatic rings. The van der Waals surface area contributed by atoms with E-state index in [0.717, 1.165) is 0 Å². The van der Waals surface area contributed by atoms with E-state index in [-0.39, 0.29) is 18.0 Å². The first-order chi connectivity index (χ1) is 10.1. The number of halogens is 1. The van der Waals surface area contributed by atoms with Crippen molar-refractivity contribution in [3.63, 3.8) is 0 Å². The summed E-state index contributed by atoms with van der Waals surface area (Å²) >= 11 is 0. The number of carbonyl (C=O) groups is 1. The summed E-state index contributed by atoms with van der Waals surface area (Å²) in [5.41, 5.74) is -1.55. The van der Waals surface area contributed by atoms with E-state index >= 15 is 0 Å². The van der Waals surface area contributed by atoms with Gasteiger partial charge in [0.1, 0.15) is 17.1 Å². The molecule has 124 valence electrons. The van der Waals surface area contributed by atoms with Gasteiger partial charge in [-0.2, -0.15) is 0 Å². The van der Waals surface area contributed by atoms with Crippen molar-refractivity contribution >= 4 is 13.5 Å². The largest absolute Gasteiger partial charge is 0.465 e. The van der Waals surface area contributed by atoms with Gasteiger partial charge in [-0.3, -0.25) is 9.36 Å². The van der Waals surface area contributed by atoms with Crippen molar-refractivity contribution < 1.29 is 23.0 Å². The summed E-state index contributed by atoms with van der Waals surface area (Å²) < 4.78 is 36.5. The lowest BCUT2D eigenvalue weighted by atomic mass is 10.1. The van der Waals surface area contributed by atoms with E-state index in [0.29, 0.717) is 0 Å². The van der Waals surface area contributed by atoms with Crippen LogP contribution >= 0.6 is 7.52 Å². The zero-order valence-electron chi connectivity index (χ0n) is 13.6. The molecule has 0 saturated heterocycles. The Balaban J connectivity index is 2.98. The Hall–Kier alpha value is -1.39. The molecule has 0 fully saturated rings. The Bertz CT molecular complexity index is 557. The Labute approximate surface area is 130 Å². The number of nitrogens with one attached hydrogen (secondary N) is 1. The van der Waals surface area contributed by atoms with Crippen molar-refractivity contribution in [1.29, 1.82) is 0 Å². The number of esters is 1. The molecule has 7 heteroatoms. The molecule has 0 aromatic heterocycles. The highest BCUT2D eigenvalue weighted by Gasteiger charge is 2.40. The standard InChI is InChI=1S/C15H23FNO4P/c1-6-20-14(18)15(4,5)17-22(19,11(2)3)21-13-9-7-12(16)8-10-13/h7-11H,6H2,1-5H3,(H,17,19). The molecule has 1 atom stereocenters. The van der Waals surface area contributed by atoms with Gasteiger partial charge in [0.2, 0.25) is 0 Å². The molecule has 1 N–H and O–H groups in total. The Kier molecular flexibility index (Phi) is 6.15. The van der Waals surface area contributed by atoms with Gasteiger partial charge in [0.25, 0.3) is 0 Å². The molecule has 5 nitrogen and oxygen atoms in total. The van der Waals surface area contributed by atoms with Crippen LogP contribution in [0, 0.1) is 5.82 Å². The maximum Gasteiger partial charge on any atom is 0.326 e. The molecule has 0 aliphatic carbocycles. The Morgan fingerprint density at radius 1 is 1.32 bits per heavy atom. The van der Waals surface area contributed by atoms with Crippen LogP contribution in [0.5, 0.6) is 5.75 Å². The summed E-state index contributed by atoms with van der Waals surface area (Å²) in [6.45, 7) is 8.53. The fraction of sp³-hybridized carbons (Fsp3) is 0.533. The van der Waals surface area contributed by atoms with Gasteiger partial charge >= 0.3 is 13.5 Å². The minimum absolute atomic E-state index is 0.231. The zero-order valence-corrected chi connectivity index (χ0v) is 14.4. The molecule has 0 spiro atoms. The molecule has 1 aromatic rings. The average Bonchev–Trinajstić information content (AvgIpc) is 2.41. The van der Waals surface area contributed by atoms with Crippen molar-refractivity contribution in [2.45, 2.75) is 45.8 Å². The normalized spacial score (nSPS) is 14.5. The molecule has 22 heavy (non-hydrogen) atoms. The quantitative estimate of drug-likeness (QED) is 0.609. The highest BCUT2D eigenvalue weighted by molar-refractivity contribution is 7.58. The van der Waals surface area contributed by atoms with Crippen LogP contribution < -0.4 is 9.61 Å². The van der Waals surface area contributed by atoms with Crippen LogP contribution in [0.4, 0.5) is 4.39 Å². The average molecular weight is 331 g/mol. The van der Waals surface area contributed by atoms with E-state index < -0.39 is 24.8 Å². The molecule has 1 unspecified atom stereocenters. The van der Waals surface area contributed by atoms with Crippen LogP contribution in [0.25, 0.3) is 0 Å². The van der Waals surface area contributed by atoms with Crippen LogP contribution in [-0.2, 0) is 14.1 Å². The van der Waals surface area contributed by atoms with Gasteiger partial charge in [0.15, 0.2) is 0 Å². The van der Waals surface area contributed by atoms with Crippen LogP contribution in [-0.4, -0.2) is 23.8 Å². The van der Waals surface area contributed by atoms with E-state index in [1.165, 1.54) is 24.3 Å². The van der Waals surface area contributed by atoms with Crippen LogP contribution in [0.3, 0.4) is 0 Å². The molecule has 0 amide bonds. The van der Waals surface area contributed by atoms with Crippen molar-refractivity contribution in [2.75, 3.05) is 6.61 Å². The third-order valence-corrected chi connectivity index (χ3v) is 5.67. The van der Waals surface area contributed by atoms with E-state index in [2.05, 4.69) is 5.09 Å². The monoisotopic (exact) mass is 331 g/mol. The summed E-state index contributed by atoms with van der Waals surface area (Å²) in [7, 11) is -3.40. The first kappa shape index (κ1) is 18.7. The predicted molar refractivity (Wildman–Crippen MR) is 83.6 cm³/mol. The minimum atomic E-state index is -3.40. The summed E-state index contributed by atoms with van der Waals surface area (Å²) in [6.07, 6.45) is 0. The van der Waals surface area contributed by atoms with Crippen molar-refractivity contribution in [3.8, 4) is 5.75 Å². The molecule has 0 bridgehead atoms. The smallest absolute Gasteiger partial charge is 0.326 e. The third kappa shape index (κ3) is 4.82. The number of benzene rings is 1. The van der Waals surface area contributed by atoms with Crippen molar-refractivity contribution in [1.82, 2.24) is 5.09 Å². The highest BCUT2D eigenvalue weighted by atomic mass is 31.2.